The molecule has 26 heavy (non-hydrogen) atoms. The van der Waals surface area contributed by atoms with Crippen LogP contribution in [0, 0.1) is 6.92 Å². The Hall–Kier alpha value is -3.16. The number of nitrogens with zero attached hydrogens (tertiary/aromatic N) is 4. The van der Waals surface area contributed by atoms with Crippen molar-refractivity contribution in [1.82, 2.24) is 19.4 Å². The van der Waals surface area contributed by atoms with Crippen LogP contribution in [0.25, 0.3) is 11.0 Å². The van der Waals surface area contributed by atoms with Gasteiger partial charge in [0.05, 0.1) is 11.7 Å². The van der Waals surface area contributed by atoms with Crippen molar-refractivity contribution in [1.29, 1.82) is 0 Å². The van der Waals surface area contributed by atoms with Gasteiger partial charge in [0, 0.05) is 0 Å². The monoisotopic (exact) mass is 355 g/mol. The summed E-state index contributed by atoms with van der Waals surface area (Å²) >= 11 is 0. The van der Waals surface area contributed by atoms with Crippen LogP contribution in [0.5, 0.6) is 5.75 Å². The average molecular weight is 355 g/mol. The first-order chi connectivity index (χ1) is 12.3. The first-order valence-electron chi connectivity index (χ1n) is 8.21. The summed E-state index contributed by atoms with van der Waals surface area (Å²) in [5.41, 5.74) is 3.35. The number of benzene rings is 1. The molecule has 3 rings (SSSR count). The van der Waals surface area contributed by atoms with E-state index in [4.69, 9.17) is 4.74 Å². The van der Waals surface area contributed by atoms with Crippen molar-refractivity contribution in [3.63, 3.8) is 0 Å². The van der Waals surface area contributed by atoms with E-state index >= 15 is 0 Å². The molecule has 1 amide bonds. The van der Waals surface area contributed by atoms with E-state index in [9.17, 15) is 9.59 Å². The molecule has 0 fully saturated rings. The van der Waals surface area contributed by atoms with Crippen molar-refractivity contribution in [2.75, 3.05) is 12.0 Å². The third-order valence-corrected chi connectivity index (χ3v) is 3.76. The quantitative estimate of drug-likeness (QED) is 0.771. The Morgan fingerprint density at radius 2 is 1.92 bits per heavy atom. The number of ether oxygens (including phenoxy) is 1. The minimum atomic E-state index is -0.461. The number of amides is 1. The van der Waals surface area contributed by atoms with Crippen molar-refractivity contribution < 1.29 is 9.53 Å². The number of hydrogen-bond acceptors (Lipinski definition) is 5. The van der Waals surface area contributed by atoms with Gasteiger partial charge in [-0.25, -0.2) is 14.3 Å². The number of rotatable bonds is 4. The lowest BCUT2D eigenvalue weighted by Crippen LogP contribution is -2.36. The lowest BCUT2D eigenvalue weighted by molar-refractivity contribution is -0.119. The molecule has 0 aliphatic heterocycles. The minimum absolute atomic E-state index is 0.214. The summed E-state index contributed by atoms with van der Waals surface area (Å²) in [5.74, 6) is 0.121. The molecule has 8 nitrogen and oxygen atoms in total. The van der Waals surface area contributed by atoms with E-state index in [1.54, 1.807) is 16.8 Å². The molecule has 1 aromatic carbocycles. The SMILES string of the molecule is Cc1ccc(OCC(=O)Nn2cnc3c(cnn3C(C)(C)C)c2=O)cc1. The third-order valence-electron chi connectivity index (χ3n) is 3.76. The van der Waals surface area contributed by atoms with Crippen molar-refractivity contribution in [2.24, 2.45) is 0 Å². The zero-order valence-corrected chi connectivity index (χ0v) is 15.2. The van der Waals surface area contributed by atoms with Gasteiger partial charge in [-0.2, -0.15) is 5.10 Å². The molecule has 2 aromatic heterocycles. The Kier molecular flexibility index (Phi) is 4.50. The number of aryl methyl sites for hydroxylation is 1. The number of aromatic nitrogens is 4. The van der Waals surface area contributed by atoms with Gasteiger partial charge < -0.3 is 4.74 Å². The third kappa shape index (κ3) is 3.58. The molecule has 3 aromatic rings. The van der Waals surface area contributed by atoms with Crippen molar-refractivity contribution in [2.45, 2.75) is 33.2 Å². The van der Waals surface area contributed by atoms with Gasteiger partial charge in [0.2, 0.25) is 0 Å². The number of carbonyl (C=O) groups is 1. The molecule has 0 unspecified atom stereocenters. The zero-order chi connectivity index (χ0) is 18.9. The van der Waals surface area contributed by atoms with Gasteiger partial charge in [-0.15, -0.1) is 0 Å². The van der Waals surface area contributed by atoms with Crippen LogP contribution in [0.1, 0.15) is 26.3 Å². The Labute approximate surface area is 150 Å². The summed E-state index contributed by atoms with van der Waals surface area (Å²) in [7, 11) is 0. The smallest absolute Gasteiger partial charge is 0.283 e. The second kappa shape index (κ2) is 6.62. The fraction of sp³-hybridized carbons (Fsp3) is 0.333. The van der Waals surface area contributed by atoms with Crippen molar-refractivity contribution in [3.8, 4) is 5.75 Å². The number of carbonyl (C=O) groups excluding carboxylic acids is 1. The Balaban J connectivity index is 1.74. The summed E-state index contributed by atoms with van der Waals surface area (Å²) in [6.07, 6.45) is 2.74. The standard InChI is InChI=1S/C18H21N5O3/c1-12-5-7-13(8-6-12)26-10-15(24)21-22-11-19-16-14(17(22)25)9-20-23(16)18(2,3)4/h5-9,11H,10H2,1-4H3,(H,21,24). The van der Waals surface area contributed by atoms with Crippen LogP contribution in [0.15, 0.2) is 41.6 Å². The lowest BCUT2D eigenvalue weighted by Gasteiger charge is -2.19. The first-order valence-corrected chi connectivity index (χ1v) is 8.21. The molecule has 0 atom stereocenters. The van der Waals surface area contributed by atoms with Gasteiger partial charge in [-0.05, 0) is 39.8 Å². The molecule has 0 aliphatic carbocycles. The summed E-state index contributed by atoms with van der Waals surface area (Å²) in [5, 5.41) is 4.57. The van der Waals surface area contributed by atoms with Gasteiger partial charge in [0.25, 0.3) is 11.5 Å². The summed E-state index contributed by atoms with van der Waals surface area (Å²) in [6.45, 7) is 7.66. The fourth-order valence-electron chi connectivity index (χ4n) is 2.43. The summed E-state index contributed by atoms with van der Waals surface area (Å²) in [4.78, 5) is 28.8. The highest BCUT2D eigenvalue weighted by atomic mass is 16.5. The van der Waals surface area contributed by atoms with Gasteiger partial charge in [-0.1, -0.05) is 17.7 Å². The van der Waals surface area contributed by atoms with E-state index in [1.165, 1.54) is 12.5 Å². The highest BCUT2D eigenvalue weighted by Gasteiger charge is 2.20. The van der Waals surface area contributed by atoms with Crippen LogP contribution in [-0.2, 0) is 10.3 Å². The maximum absolute atomic E-state index is 12.5. The van der Waals surface area contributed by atoms with Gasteiger partial charge >= 0.3 is 0 Å². The van der Waals surface area contributed by atoms with Crippen molar-refractivity contribution in [3.05, 3.63) is 52.7 Å². The van der Waals surface area contributed by atoms with Gasteiger partial charge in [0.1, 0.15) is 17.5 Å². The van der Waals surface area contributed by atoms with Crippen molar-refractivity contribution >= 4 is 16.9 Å². The molecule has 0 saturated heterocycles. The average Bonchev–Trinajstić information content (AvgIpc) is 3.02. The molecular formula is C18H21N5O3. The summed E-state index contributed by atoms with van der Waals surface area (Å²) < 4.78 is 8.12. The number of hydrogen-bond donors (Lipinski definition) is 1. The summed E-state index contributed by atoms with van der Waals surface area (Å²) in [6, 6.07) is 7.34. The van der Waals surface area contributed by atoms with E-state index in [0.29, 0.717) is 16.8 Å². The fourth-order valence-corrected chi connectivity index (χ4v) is 2.43. The maximum atomic E-state index is 12.5. The van der Waals surface area contributed by atoms with E-state index in [2.05, 4.69) is 15.5 Å². The topological polar surface area (TPSA) is 91.0 Å². The molecule has 2 heterocycles. The molecule has 1 N–H and O–H groups in total. The normalized spacial score (nSPS) is 11.5. The highest BCUT2D eigenvalue weighted by Crippen LogP contribution is 2.17. The van der Waals surface area contributed by atoms with Crippen LogP contribution in [-0.4, -0.2) is 32.0 Å². The van der Waals surface area contributed by atoms with Crippen LogP contribution in [0.3, 0.4) is 0 Å². The maximum Gasteiger partial charge on any atom is 0.283 e. The Morgan fingerprint density at radius 3 is 2.58 bits per heavy atom. The minimum Gasteiger partial charge on any atom is -0.484 e. The van der Waals surface area contributed by atoms with E-state index in [1.807, 2.05) is 39.8 Å². The van der Waals surface area contributed by atoms with Crippen LogP contribution in [0.2, 0.25) is 0 Å². The Morgan fingerprint density at radius 1 is 1.23 bits per heavy atom. The first kappa shape index (κ1) is 17.7. The largest absolute Gasteiger partial charge is 0.484 e. The number of fused-ring (bicyclic) bond motifs is 1. The number of nitrogens with one attached hydrogen (secondary N) is 1. The highest BCUT2D eigenvalue weighted by molar-refractivity contribution is 5.85. The van der Waals surface area contributed by atoms with Crippen LogP contribution < -0.4 is 15.7 Å². The second-order valence-corrected chi connectivity index (χ2v) is 7.02. The molecule has 0 aliphatic rings. The molecule has 0 saturated carbocycles. The van der Waals surface area contributed by atoms with E-state index in [-0.39, 0.29) is 12.1 Å². The van der Waals surface area contributed by atoms with E-state index in [0.717, 1.165) is 10.2 Å². The van der Waals surface area contributed by atoms with E-state index < -0.39 is 11.5 Å². The Bertz CT molecular complexity index is 996. The van der Waals surface area contributed by atoms with Gasteiger partial charge in [0.15, 0.2) is 12.3 Å². The second-order valence-electron chi connectivity index (χ2n) is 7.02. The van der Waals surface area contributed by atoms with Gasteiger partial charge in [-0.3, -0.25) is 15.0 Å². The molecule has 0 radical (unpaired) electrons. The zero-order valence-electron chi connectivity index (χ0n) is 15.2. The molecule has 136 valence electrons. The molecule has 0 spiro atoms. The predicted octanol–water partition coefficient (Wildman–Crippen LogP) is 1.81. The predicted molar refractivity (Wildman–Crippen MR) is 97.8 cm³/mol. The molecule has 0 bridgehead atoms. The van der Waals surface area contributed by atoms with Crippen LogP contribution >= 0.6 is 0 Å². The molecule has 8 heteroatoms. The molecular weight excluding hydrogens is 334 g/mol. The lowest BCUT2D eigenvalue weighted by atomic mass is 10.1. The van der Waals surface area contributed by atoms with Crippen LogP contribution in [0.4, 0.5) is 0 Å².